The predicted molar refractivity (Wildman–Crippen MR) is 75.2 cm³/mol. The maximum Gasteiger partial charge on any atom is 0.0115 e. The van der Waals surface area contributed by atoms with E-state index in [1.807, 2.05) is 0 Å². The molecule has 0 aromatic carbocycles. The Balaban J connectivity index is 2.26. The third kappa shape index (κ3) is 4.94. The van der Waals surface area contributed by atoms with Crippen molar-refractivity contribution in [2.75, 3.05) is 32.7 Å². The zero-order chi connectivity index (χ0) is 12.8. The summed E-state index contributed by atoms with van der Waals surface area (Å²) in [5, 5.41) is 0. The van der Waals surface area contributed by atoms with E-state index in [2.05, 4.69) is 37.5 Å². The molecule has 0 radical (unpaired) electrons. The van der Waals surface area contributed by atoms with Gasteiger partial charge in [0.15, 0.2) is 0 Å². The molecule has 0 saturated carbocycles. The minimum absolute atomic E-state index is 0.650. The van der Waals surface area contributed by atoms with Crippen molar-refractivity contribution in [1.82, 2.24) is 9.80 Å². The molecule has 17 heavy (non-hydrogen) atoms. The van der Waals surface area contributed by atoms with Crippen LogP contribution in [0.3, 0.4) is 0 Å². The summed E-state index contributed by atoms with van der Waals surface area (Å²) in [4.78, 5) is 5.19. The second-order valence-corrected chi connectivity index (χ2v) is 5.96. The van der Waals surface area contributed by atoms with Gasteiger partial charge in [0.25, 0.3) is 0 Å². The molecule has 0 aliphatic carbocycles. The summed E-state index contributed by atoms with van der Waals surface area (Å²) in [7, 11) is 0. The summed E-state index contributed by atoms with van der Waals surface area (Å²) >= 11 is 0. The minimum Gasteiger partial charge on any atom is -0.330 e. The summed E-state index contributed by atoms with van der Waals surface area (Å²) < 4.78 is 0. The number of rotatable bonds is 7. The second kappa shape index (κ2) is 7.34. The van der Waals surface area contributed by atoms with Gasteiger partial charge in [-0.1, -0.05) is 0 Å². The Morgan fingerprint density at radius 3 is 2.41 bits per heavy atom. The van der Waals surface area contributed by atoms with Crippen molar-refractivity contribution in [3.05, 3.63) is 0 Å². The fourth-order valence-electron chi connectivity index (χ4n) is 2.96. The zero-order valence-corrected chi connectivity index (χ0v) is 12.2. The SMILES string of the molecule is CC(C)N(CCN1CCC(CCN)C1)C(C)C. The van der Waals surface area contributed by atoms with Crippen molar-refractivity contribution in [2.24, 2.45) is 11.7 Å². The monoisotopic (exact) mass is 241 g/mol. The lowest BCUT2D eigenvalue weighted by Gasteiger charge is -2.32. The molecule has 1 fully saturated rings. The Hall–Kier alpha value is -0.120. The molecule has 1 unspecified atom stereocenters. The van der Waals surface area contributed by atoms with E-state index in [1.54, 1.807) is 0 Å². The number of nitrogens with two attached hydrogens (primary N) is 1. The summed E-state index contributed by atoms with van der Waals surface area (Å²) in [5.74, 6) is 0.853. The van der Waals surface area contributed by atoms with Gasteiger partial charge in [0.2, 0.25) is 0 Å². The molecule has 1 atom stereocenters. The fourth-order valence-corrected chi connectivity index (χ4v) is 2.96. The van der Waals surface area contributed by atoms with Gasteiger partial charge in [-0.3, -0.25) is 4.90 Å². The topological polar surface area (TPSA) is 32.5 Å². The Bertz CT molecular complexity index is 196. The Kier molecular flexibility index (Phi) is 6.45. The molecule has 1 heterocycles. The highest BCUT2D eigenvalue weighted by Gasteiger charge is 2.22. The van der Waals surface area contributed by atoms with Crippen LogP contribution in [-0.2, 0) is 0 Å². The Morgan fingerprint density at radius 1 is 1.24 bits per heavy atom. The van der Waals surface area contributed by atoms with Crippen LogP contribution in [-0.4, -0.2) is 54.6 Å². The second-order valence-electron chi connectivity index (χ2n) is 5.96. The van der Waals surface area contributed by atoms with Crippen LogP contribution in [0.2, 0.25) is 0 Å². The maximum atomic E-state index is 5.63. The molecule has 0 aromatic rings. The molecule has 2 N–H and O–H groups in total. The molecular formula is C14H31N3. The molecule has 0 amide bonds. The molecule has 1 aliphatic rings. The van der Waals surface area contributed by atoms with Crippen LogP contribution in [0.4, 0.5) is 0 Å². The van der Waals surface area contributed by atoms with Gasteiger partial charge < -0.3 is 10.6 Å². The highest BCUT2D eigenvalue weighted by molar-refractivity contribution is 4.77. The smallest absolute Gasteiger partial charge is 0.0115 e. The predicted octanol–water partition coefficient (Wildman–Crippen LogP) is 1.78. The van der Waals surface area contributed by atoms with E-state index in [-0.39, 0.29) is 0 Å². The highest BCUT2D eigenvalue weighted by Crippen LogP contribution is 2.18. The van der Waals surface area contributed by atoms with E-state index in [1.165, 1.54) is 39.0 Å². The molecular weight excluding hydrogens is 210 g/mol. The van der Waals surface area contributed by atoms with Crippen LogP contribution >= 0.6 is 0 Å². The van der Waals surface area contributed by atoms with Gasteiger partial charge in [-0.15, -0.1) is 0 Å². The first-order chi connectivity index (χ1) is 8.04. The third-order valence-electron chi connectivity index (χ3n) is 3.95. The Morgan fingerprint density at radius 2 is 1.88 bits per heavy atom. The van der Waals surface area contributed by atoms with E-state index >= 15 is 0 Å². The average Bonchev–Trinajstić information content (AvgIpc) is 2.65. The van der Waals surface area contributed by atoms with Gasteiger partial charge in [-0.2, -0.15) is 0 Å². The Labute approximate surface area is 107 Å². The van der Waals surface area contributed by atoms with Gasteiger partial charge in [0.05, 0.1) is 0 Å². The number of likely N-dealkylation sites (tertiary alicyclic amines) is 1. The largest absolute Gasteiger partial charge is 0.330 e. The molecule has 3 nitrogen and oxygen atoms in total. The van der Waals surface area contributed by atoms with Gasteiger partial charge >= 0.3 is 0 Å². The number of nitrogens with zero attached hydrogens (tertiary/aromatic N) is 2. The van der Waals surface area contributed by atoms with E-state index < -0.39 is 0 Å². The van der Waals surface area contributed by atoms with Gasteiger partial charge in [0.1, 0.15) is 0 Å². The molecule has 1 saturated heterocycles. The van der Waals surface area contributed by atoms with E-state index in [0.29, 0.717) is 12.1 Å². The fraction of sp³-hybridized carbons (Fsp3) is 1.00. The van der Waals surface area contributed by atoms with Crippen LogP contribution in [0.1, 0.15) is 40.5 Å². The molecule has 0 spiro atoms. The van der Waals surface area contributed by atoms with E-state index in [9.17, 15) is 0 Å². The minimum atomic E-state index is 0.650. The van der Waals surface area contributed by atoms with Crippen LogP contribution in [0.25, 0.3) is 0 Å². The highest BCUT2D eigenvalue weighted by atomic mass is 15.2. The van der Waals surface area contributed by atoms with Crippen molar-refractivity contribution in [1.29, 1.82) is 0 Å². The van der Waals surface area contributed by atoms with Crippen LogP contribution < -0.4 is 5.73 Å². The average molecular weight is 241 g/mol. The normalized spacial score (nSPS) is 22.2. The van der Waals surface area contributed by atoms with Crippen LogP contribution in [0.5, 0.6) is 0 Å². The summed E-state index contributed by atoms with van der Waals surface area (Å²) in [6.07, 6.45) is 2.55. The quantitative estimate of drug-likeness (QED) is 0.737. The molecule has 0 aromatic heterocycles. The standard InChI is InChI=1S/C14H31N3/c1-12(2)17(13(3)4)10-9-16-8-6-14(11-16)5-7-15/h12-14H,5-11,15H2,1-4H3. The molecule has 0 bridgehead atoms. The van der Waals surface area contributed by atoms with Crippen LogP contribution in [0, 0.1) is 5.92 Å². The lowest BCUT2D eigenvalue weighted by molar-refractivity contribution is 0.151. The van der Waals surface area contributed by atoms with E-state index in [0.717, 1.165) is 12.5 Å². The van der Waals surface area contributed by atoms with Gasteiger partial charge in [-0.25, -0.2) is 0 Å². The zero-order valence-electron chi connectivity index (χ0n) is 12.2. The first-order valence-electron chi connectivity index (χ1n) is 7.22. The number of hydrogen-bond donors (Lipinski definition) is 1. The van der Waals surface area contributed by atoms with Crippen LogP contribution in [0.15, 0.2) is 0 Å². The molecule has 102 valence electrons. The maximum absolute atomic E-state index is 5.63. The van der Waals surface area contributed by atoms with E-state index in [4.69, 9.17) is 5.73 Å². The van der Waals surface area contributed by atoms with Crippen molar-refractivity contribution in [2.45, 2.75) is 52.6 Å². The van der Waals surface area contributed by atoms with Crippen molar-refractivity contribution in [3.8, 4) is 0 Å². The lowest BCUT2D eigenvalue weighted by Crippen LogP contribution is -2.42. The summed E-state index contributed by atoms with van der Waals surface area (Å²) in [6.45, 7) is 15.0. The molecule has 1 rings (SSSR count). The lowest BCUT2D eigenvalue weighted by atomic mass is 10.1. The van der Waals surface area contributed by atoms with Crippen molar-refractivity contribution >= 4 is 0 Å². The van der Waals surface area contributed by atoms with Gasteiger partial charge in [0, 0.05) is 31.7 Å². The summed E-state index contributed by atoms with van der Waals surface area (Å²) in [5.41, 5.74) is 5.63. The van der Waals surface area contributed by atoms with Crippen molar-refractivity contribution < 1.29 is 0 Å². The third-order valence-corrected chi connectivity index (χ3v) is 3.95. The first-order valence-corrected chi connectivity index (χ1v) is 7.22. The number of hydrogen-bond acceptors (Lipinski definition) is 3. The van der Waals surface area contributed by atoms with Crippen molar-refractivity contribution in [3.63, 3.8) is 0 Å². The molecule has 3 heteroatoms. The van der Waals surface area contributed by atoms with Gasteiger partial charge in [-0.05, 0) is 59.5 Å². The summed E-state index contributed by atoms with van der Waals surface area (Å²) in [6, 6.07) is 1.30. The molecule has 1 aliphatic heterocycles. The first kappa shape index (κ1) is 14.9.